The van der Waals surface area contributed by atoms with Crippen LogP contribution in [0.3, 0.4) is 0 Å². The number of alkyl halides is 3. The van der Waals surface area contributed by atoms with E-state index in [1.165, 1.54) is 0 Å². The SMILES string of the molecule is O=C(C(COc1c(Cl)cc(C(F)(F)F)cc1Cl)Oc1ccccc1)N1CCNCC1. The summed E-state index contributed by atoms with van der Waals surface area (Å²) in [4.78, 5) is 14.6. The predicted octanol–water partition coefficient (Wildman–Crippen LogP) is 4.27. The number of benzene rings is 2. The Morgan fingerprint density at radius 2 is 1.70 bits per heavy atom. The highest BCUT2D eigenvalue weighted by atomic mass is 35.5. The van der Waals surface area contributed by atoms with Gasteiger partial charge in [-0.05, 0) is 24.3 Å². The lowest BCUT2D eigenvalue weighted by Gasteiger charge is -2.31. The van der Waals surface area contributed by atoms with Gasteiger partial charge in [-0.1, -0.05) is 41.4 Å². The maximum atomic E-state index is 13.0. The second-order valence-corrected chi connectivity index (χ2v) is 7.39. The van der Waals surface area contributed by atoms with Crippen molar-refractivity contribution in [2.45, 2.75) is 12.3 Å². The Bertz CT molecular complexity index is 852. The van der Waals surface area contributed by atoms with Crippen molar-refractivity contribution in [3.63, 3.8) is 0 Å². The minimum atomic E-state index is -4.59. The number of halogens is 5. The van der Waals surface area contributed by atoms with Crippen LogP contribution >= 0.6 is 23.2 Å². The fourth-order valence-electron chi connectivity index (χ4n) is 2.93. The van der Waals surface area contributed by atoms with E-state index in [2.05, 4.69) is 5.32 Å². The largest absolute Gasteiger partial charge is 0.486 e. The van der Waals surface area contributed by atoms with E-state index in [4.69, 9.17) is 32.7 Å². The summed E-state index contributed by atoms with van der Waals surface area (Å²) in [5.74, 6) is 0.0276. The Morgan fingerprint density at radius 3 is 2.27 bits per heavy atom. The van der Waals surface area contributed by atoms with Gasteiger partial charge in [0.2, 0.25) is 6.10 Å². The molecule has 1 unspecified atom stereocenters. The summed E-state index contributed by atoms with van der Waals surface area (Å²) in [5.41, 5.74) is -0.987. The highest BCUT2D eigenvalue weighted by Gasteiger charge is 2.33. The minimum absolute atomic E-state index is 0.138. The standard InChI is InChI=1S/C20H19Cl2F3N2O3/c21-15-10-13(20(23,24)25)11-16(22)18(15)29-12-17(30-14-4-2-1-3-5-14)19(28)27-8-6-26-7-9-27/h1-5,10-11,17,26H,6-9,12H2. The zero-order chi connectivity index (χ0) is 21.7. The first-order chi connectivity index (χ1) is 14.3. The van der Waals surface area contributed by atoms with Crippen LogP contribution in [0.4, 0.5) is 13.2 Å². The number of carbonyl (C=O) groups is 1. The molecule has 0 radical (unpaired) electrons. The lowest BCUT2D eigenvalue weighted by atomic mass is 10.2. The number of amides is 1. The van der Waals surface area contributed by atoms with Crippen LogP contribution in [0.15, 0.2) is 42.5 Å². The normalized spacial score (nSPS) is 15.6. The smallest absolute Gasteiger partial charge is 0.416 e. The molecule has 10 heteroatoms. The molecule has 1 aliphatic rings. The average molecular weight is 463 g/mol. The van der Waals surface area contributed by atoms with Crippen molar-refractivity contribution in [2.24, 2.45) is 0 Å². The van der Waals surface area contributed by atoms with Crippen LogP contribution in [0.25, 0.3) is 0 Å². The summed E-state index contributed by atoms with van der Waals surface area (Å²) in [7, 11) is 0. The van der Waals surface area contributed by atoms with Gasteiger partial charge in [0.05, 0.1) is 15.6 Å². The Balaban J connectivity index is 1.78. The van der Waals surface area contributed by atoms with E-state index >= 15 is 0 Å². The molecule has 5 nitrogen and oxygen atoms in total. The van der Waals surface area contributed by atoms with E-state index in [0.29, 0.717) is 31.9 Å². The van der Waals surface area contributed by atoms with E-state index in [-0.39, 0.29) is 28.3 Å². The van der Waals surface area contributed by atoms with Gasteiger partial charge in [-0.3, -0.25) is 4.79 Å². The van der Waals surface area contributed by atoms with E-state index < -0.39 is 17.8 Å². The third-order valence-corrected chi connectivity index (χ3v) is 4.99. The molecule has 0 aliphatic carbocycles. The van der Waals surface area contributed by atoms with Crippen LogP contribution in [-0.2, 0) is 11.0 Å². The molecule has 3 rings (SSSR count). The van der Waals surface area contributed by atoms with Gasteiger partial charge in [-0.2, -0.15) is 13.2 Å². The van der Waals surface area contributed by atoms with Crippen molar-refractivity contribution in [2.75, 3.05) is 32.8 Å². The number of hydrogen-bond acceptors (Lipinski definition) is 4. The monoisotopic (exact) mass is 462 g/mol. The minimum Gasteiger partial charge on any atom is -0.486 e. The fraction of sp³-hybridized carbons (Fsp3) is 0.350. The summed E-state index contributed by atoms with van der Waals surface area (Å²) in [6, 6.07) is 10.2. The van der Waals surface area contributed by atoms with Crippen LogP contribution in [0.2, 0.25) is 10.0 Å². The summed E-state index contributed by atoms with van der Waals surface area (Å²) in [6.45, 7) is 2.05. The van der Waals surface area contributed by atoms with Gasteiger partial charge in [0, 0.05) is 26.2 Å². The lowest BCUT2D eigenvalue weighted by molar-refractivity contribution is -0.140. The quantitative estimate of drug-likeness (QED) is 0.696. The van der Waals surface area contributed by atoms with Crippen molar-refractivity contribution >= 4 is 29.1 Å². The Kier molecular flexibility index (Phi) is 7.33. The zero-order valence-corrected chi connectivity index (χ0v) is 17.2. The summed E-state index contributed by atoms with van der Waals surface area (Å²) in [5, 5.41) is 2.55. The van der Waals surface area contributed by atoms with E-state index in [1.807, 2.05) is 0 Å². The Labute approximate surface area is 181 Å². The van der Waals surface area contributed by atoms with Crippen molar-refractivity contribution < 1.29 is 27.4 Å². The van der Waals surface area contributed by atoms with E-state index in [1.54, 1.807) is 35.2 Å². The molecular formula is C20H19Cl2F3N2O3. The van der Waals surface area contributed by atoms with Crippen molar-refractivity contribution in [3.05, 3.63) is 58.1 Å². The van der Waals surface area contributed by atoms with Crippen LogP contribution < -0.4 is 14.8 Å². The molecule has 162 valence electrons. The van der Waals surface area contributed by atoms with Crippen molar-refractivity contribution in [3.8, 4) is 11.5 Å². The second kappa shape index (κ2) is 9.76. The molecule has 1 aliphatic heterocycles. The Hall–Kier alpha value is -2.16. The summed E-state index contributed by atoms with van der Waals surface area (Å²) in [6.07, 6.45) is -5.62. The molecule has 1 heterocycles. The first-order valence-corrected chi connectivity index (χ1v) is 9.91. The molecular weight excluding hydrogens is 444 g/mol. The number of para-hydroxylation sites is 1. The number of piperazine rings is 1. The second-order valence-electron chi connectivity index (χ2n) is 6.57. The number of nitrogens with zero attached hydrogens (tertiary/aromatic N) is 1. The average Bonchev–Trinajstić information content (AvgIpc) is 2.72. The third-order valence-electron chi connectivity index (χ3n) is 4.43. The Morgan fingerprint density at radius 1 is 1.10 bits per heavy atom. The van der Waals surface area contributed by atoms with Gasteiger partial charge >= 0.3 is 6.18 Å². The molecule has 1 atom stereocenters. The van der Waals surface area contributed by atoms with Gasteiger partial charge in [-0.25, -0.2) is 0 Å². The molecule has 0 saturated carbocycles. The molecule has 0 aromatic heterocycles. The third kappa shape index (κ3) is 5.71. The molecule has 0 bridgehead atoms. The zero-order valence-electron chi connectivity index (χ0n) is 15.7. The van der Waals surface area contributed by atoms with Crippen molar-refractivity contribution in [1.82, 2.24) is 10.2 Å². The lowest BCUT2D eigenvalue weighted by Crippen LogP contribution is -2.52. The summed E-state index contributed by atoms with van der Waals surface area (Å²) >= 11 is 11.9. The maximum Gasteiger partial charge on any atom is 0.416 e. The molecule has 0 spiro atoms. The van der Waals surface area contributed by atoms with Crippen molar-refractivity contribution in [1.29, 1.82) is 0 Å². The highest BCUT2D eigenvalue weighted by molar-refractivity contribution is 6.37. The van der Waals surface area contributed by atoms with Crippen LogP contribution in [0, 0.1) is 0 Å². The fourth-order valence-corrected chi connectivity index (χ4v) is 3.52. The van der Waals surface area contributed by atoms with E-state index in [9.17, 15) is 18.0 Å². The molecule has 2 aromatic carbocycles. The van der Waals surface area contributed by atoms with Crippen LogP contribution in [0.1, 0.15) is 5.56 Å². The molecule has 1 saturated heterocycles. The maximum absolute atomic E-state index is 13.0. The number of ether oxygens (including phenoxy) is 2. The molecule has 30 heavy (non-hydrogen) atoms. The number of rotatable bonds is 6. The molecule has 2 aromatic rings. The van der Waals surface area contributed by atoms with E-state index in [0.717, 1.165) is 12.1 Å². The van der Waals surface area contributed by atoms with Gasteiger partial charge < -0.3 is 19.7 Å². The van der Waals surface area contributed by atoms with Gasteiger partial charge in [0.1, 0.15) is 12.4 Å². The van der Waals surface area contributed by atoms with Gasteiger partial charge in [0.25, 0.3) is 5.91 Å². The van der Waals surface area contributed by atoms with Crippen LogP contribution in [0.5, 0.6) is 11.5 Å². The van der Waals surface area contributed by atoms with Gasteiger partial charge in [0.15, 0.2) is 5.75 Å². The van der Waals surface area contributed by atoms with Gasteiger partial charge in [-0.15, -0.1) is 0 Å². The summed E-state index contributed by atoms with van der Waals surface area (Å²) < 4.78 is 50.1. The number of carbonyl (C=O) groups excluding carboxylic acids is 1. The first kappa shape index (κ1) is 22.5. The highest BCUT2D eigenvalue weighted by Crippen LogP contribution is 2.40. The van der Waals surface area contributed by atoms with Crippen LogP contribution in [-0.4, -0.2) is 49.7 Å². The predicted molar refractivity (Wildman–Crippen MR) is 107 cm³/mol. The number of hydrogen-bond donors (Lipinski definition) is 1. The first-order valence-electron chi connectivity index (χ1n) is 9.16. The molecule has 1 amide bonds. The number of nitrogens with one attached hydrogen (secondary N) is 1. The molecule has 1 fully saturated rings. The topological polar surface area (TPSA) is 50.8 Å². The molecule has 1 N–H and O–H groups in total.